The fourth-order valence-corrected chi connectivity index (χ4v) is 1.73. The average molecular weight is 261 g/mol. The van der Waals surface area contributed by atoms with E-state index in [4.69, 9.17) is 4.74 Å². The standard InChI is InChI=1S/C13H18F3NO/c1-2-17-12(6-7-18-9-13(15)16)10-4-3-5-11(14)8-10/h3-5,8,12-13,17H,2,6-7,9H2,1H3. The molecule has 1 aromatic rings. The molecule has 0 aromatic heterocycles. The SMILES string of the molecule is CCNC(CCOCC(F)F)c1cccc(F)c1. The van der Waals surface area contributed by atoms with E-state index in [1.807, 2.05) is 13.0 Å². The molecule has 0 bridgehead atoms. The van der Waals surface area contributed by atoms with E-state index in [2.05, 4.69) is 5.32 Å². The van der Waals surface area contributed by atoms with Gasteiger partial charge in [0.15, 0.2) is 0 Å². The highest BCUT2D eigenvalue weighted by atomic mass is 19.3. The highest BCUT2D eigenvalue weighted by molar-refractivity contribution is 5.20. The van der Waals surface area contributed by atoms with Crippen molar-refractivity contribution in [2.45, 2.75) is 25.8 Å². The fourth-order valence-electron chi connectivity index (χ4n) is 1.73. The maximum atomic E-state index is 13.1. The molecule has 18 heavy (non-hydrogen) atoms. The van der Waals surface area contributed by atoms with E-state index < -0.39 is 13.0 Å². The molecule has 0 saturated heterocycles. The van der Waals surface area contributed by atoms with Crippen LogP contribution in [0.4, 0.5) is 13.2 Å². The second-order valence-corrected chi connectivity index (χ2v) is 3.92. The van der Waals surface area contributed by atoms with Crippen molar-refractivity contribution in [3.8, 4) is 0 Å². The van der Waals surface area contributed by atoms with E-state index in [0.717, 1.165) is 12.1 Å². The molecule has 0 spiro atoms. The molecule has 1 aromatic carbocycles. The molecule has 0 radical (unpaired) electrons. The van der Waals surface area contributed by atoms with Gasteiger partial charge in [0.05, 0.1) is 0 Å². The molecule has 0 amide bonds. The Labute approximate surface area is 105 Å². The lowest BCUT2D eigenvalue weighted by Gasteiger charge is -2.18. The molecule has 102 valence electrons. The quantitative estimate of drug-likeness (QED) is 0.726. The van der Waals surface area contributed by atoms with Crippen LogP contribution < -0.4 is 5.32 Å². The number of ether oxygens (including phenoxy) is 1. The predicted octanol–water partition coefficient (Wildman–Crippen LogP) is 3.15. The molecule has 1 N–H and O–H groups in total. The topological polar surface area (TPSA) is 21.3 Å². The second-order valence-electron chi connectivity index (χ2n) is 3.92. The summed E-state index contributed by atoms with van der Waals surface area (Å²) in [4.78, 5) is 0. The highest BCUT2D eigenvalue weighted by Gasteiger charge is 2.11. The van der Waals surface area contributed by atoms with Crippen LogP contribution in [0.25, 0.3) is 0 Å². The summed E-state index contributed by atoms with van der Waals surface area (Å²) in [6.45, 7) is 2.32. The Bertz CT molecular complexity index is 347. The lowest BCUT2D eigenvalue weighted by Crippen LogP contribution is -2.23. The van der Waals surface area contributed by atoms with Gasteiger partial charge in [0.2, 0.25) is 0 Å². The van der Waals surface area contributed by atoms with Gasteiger partial charge in [-0.25, -0.2) is 13.2 Å². The molecule has 2 nitrogen and oxygen atoms in total. The zero-order valence-corrected chi connectivity index (χ0v) is 10.3. The van der Waals surface area contributed by atoms with Crippen molar-refractivity contribution in [1.82, 2.24) is 5.32 Å². The summed E-state index contributed by atoms with van der Waals surface area (Å²) >= 11 is 0. The van der Waals surface area contributed by atoms with Crippen molar-refractivity contribution in [2.75, 3.05) is 19.8 Å². The van der Waals surface area contributed by atoms with Gasteiger partial charge in [-0.2, -0.15) is 0 Å². The van der Waals surface area contributed by atoms with Crippen LogP contribution in [0, 0.1) is 5.82 Å². The Hall–Kier alpha value is -1.07. The molecule has 0 heterocycles. The lowest BCUT2D eigenvalue weighted by molar-refractivity contribution is 0.0144. The maximum absolute atomic E-state index is 13.1. The maximum Gasteiger partial charge on any atom is 0.261 e. The Kier molecular flexibility index (Phi) is 6.75. The van der Waals surface area contributed by atoms with Gasteiger partial charge in [-0.3, -0.25) is 0 Å². The molecule has 0 aliphatic heterocycles. The van der Waals surface area contributed by atoms with Gasteiger partial charge in [0, 0.05) is 12.6 Å². The van der Waals surface area contributed by atoms with Gasteiger partial charge >= 0.3 is 0 Å². The average Bonchev–Trinajstić information content (AvgIpc) is 2.33. The Balaban J connectivity index is 2.49. The van der Waals surface area contributed by atoms with Crippen LogP contribution in [0.1, 0.15) is 24.9 Å². The minimum Gasteiger partial charge on any atom is -0.375 e. The van der Waals surface area contributed by atoms with Crippen LogP contribution in [0.2, 0.25) is 0 Å². The Morgan fingerprint density at radius 3 is 2.72 bits per heavy atom. The first-order valence-corrected chi connectivity index (χ1v) is 5.98. The molecular weight excluding hydrogens is 243 g/mol. The highest BCUT2D eigenvalue weighted by Crippen LogP contribution is 2.17. The molecule has 1 unspecified atom stereocenters. The van der Waals surface area contributed by atoms with Crippen molar-refractivity contribution >= 4 is 0 Å². The second kappa shape index (κ2) is 8.11. The number of halogens is 3. The number of benzene rings is 1. The largest absolute Gasteiger partial charge is 0.375 e. The summed E-state index contributed by atoms with van der Waals surface area (Å²) < 4.78 is 41.7. The van der Waals surface area contributed by atoms with Crippen molar-refractivity contribution in [2.24, 2.45) is 0 Å². The van der Waals surface area contributed by atoms with E-state index in [1.165, 1.54) is 12.1 Å². The summed E-state index contributed by atoms with van der Waals surface area (Å²) in [6, 6.07) is 6.18. The van der Waals surface area contributed by atoms with Gasteiger partial charge in [-0.1, -0.05) is 19.1 Å². The fraction of sp³-hybridized carbons (Fsp3) is 0.538. The van der Waals surface area contributed by atoms with Gasteiger partial charge in [-0.05, 0) is 30.7 Å². The molecule has 1 atom stereocenters. The minimum atomic E-state index is -2.45. The van der Waals surface area contributed by atoms with Crippen molar-refractivity contribution in [1.29, 1.82) is 0 Å². The Morgan fingerprint density at radius 2 is 2.11 bits per heavy atom. The van der Waals surface area contributed by atoms with E-state index in [1.54, 1.807) is 6.07 Å². The summed E-state index contributed by atoms with van der Waals surface area (Å²) in [5.41, 5.74) is 0.803. The minimum absolute atomic E-state index is 0.0802. The van der Waals surface area contributed by atoms with Crippen molar-refractivity contribution < 1.29 is 17.9 Å². The number of hydrogen-bond acceptors (Lipinski definition) is 2. The molecule has 5 heteroatoms. The molecule has 0 saturated carbocycles. The number of rotatable bonds is 8. The normalized spacial score (nSPS) is 12.9. The van der Waals surface area contributed by atoms with Crippen LogP contribution in [0.3, 0.4) is 0 Å². The van der Waals surface area contributed by atoms with Crippen LogP contribution in [0.5, 0.6) is 0 Å². The third-order valence-corrected chi connectivity index (χ3v) is 2.50. The number of alkyl halides is 2. The third-order valence-electron chi connectivity index (χ3n) is 2.50. The summed E-state index contributed by atoms with van der Waals surface area (Å²) in [7, 11) is 0. The van der Waals surface area contributed by atoms with E-state index in [0.29, 0.717) is 6.42 Å². The van der Waals surface area contributed by atoms with Crippen LogP contribution in [0.15, 0.2) is 24.3 Å². The van der Waals surface area contributed by atoms with Crippen LogP contribution in [-0.4, -0.2) is 26.2 Å². The number of nitrogens with one attached hydrogen (secondary N) is 1. The Morgan fingerprint density at radius 1 is 1.33 bits per heavy atom. The van der Waals surface area contributed by atoms with E-state index in [-0.39, 0.29) is 18.5 Å². The third kappa shape index (κ3) is 5.51. The van der Waals surface area contributed by atoms with E-state index in [9.17, 15) is 13.2 Å². The van der Waals surface area contributed by atoms with Gasteiger partial charge in [0.25, 0.3) is 6.43 Å². The van der Waals surface area contributed by atoms with Crippen molar-refractivity contribution in [3.05, 3.63) is 35.6 Å². The van der Waals surface area contributed by atoms with Gasteiger partial charge < -0.3 is 10.1 Å². The molecule has 1 rings (SSSR count). The van der Waals surface area contributed by atoms with Crippen LogP contribution in [-0.2, 0) is 4.74 Å². The zero-order valence-electron chi connectivity index (χ0n) is 10.3. The number of hydrogen-bond donors (Lipinski definition) is 1. The molecule has 0 aliphatic carbocycles. The molecule has 0 fully saturated rings. The monoisotopic (exact) mass is 261 g/mol. The summed E-state index contributed by atoms with van der Waals surface area (Å²) in [6.07, 6.45) is -1.92. The molecular formula is C13H18F3NO. The first-order valence-electron chi connectivity index (χ1n) is 5.98. The summed E-state index contributed by atoms with van der Waals surface area (Å²) in [5.74, 6) is -0.302. The first kappa shape index (κ1) is 15.0. The summed E-state index contributed by atoms with van der Waals surface area (Å²) in [5, 5.41) is 3.18. The van der Waals surface area contributed by atoms with Crippen molar-refractivity contribution in [3.63, 3.8) is 0 Å². The van der Waals surface area contributed by atoms with Gasteiger partial charge in [-0.15, -0.1) is 0 Å². The smallest absolute Gasteiger partial charge is 0.261 e. The van der Waals surface area contributed by atoms with Crippen LogP contribution >= 0.6 is 0 Å². The zero-order chi connectivity index (χ0) is 13.4. The molecule has 0 aliphatic rings. The lowest BCUT2D eigenvalue weighted by atomic mass is 10.0. The van der Waals surface area contributed by atoms with E-state index >= 15 is 0 Å². The van der Waals surface area contributed by atoms with Gasteiger partial charge in [0.1, 0.15) is 12.4 Å². The predicted molar refractivity (Wildman–Crippen MR) is 64.3 cm³/mol. The first-order chi connectivity index (χ1) is 8.63.